The maximum atomic E-state index is 11.0. The first-order chi connectivity index (χ1) is 5.98. The summed E-state index contributed by atoms with van der Waals surface area (Å²) in [5, 5.41) is 11.3. The van der Waals surface area contributed by atoms with E-state index >= 15 is 0 Å². The lowest BCUT2D eigenvalue weighted by molar-refractivity contribution is -0.143. The molecule has 1 fully saturated rings. The van der Waals surface area contributed by atoms with Crippen molar-refractivity contribution in [3.05, 3.63) is 0 Å². The number of carboxylic acid groups (broad SMARTS) is 1. The highest BCUT2D eigenvalue weighted by molar-refractivity contribution is 5.83. The minimum atomic E-state index is -0.836. The molecule has 74 valence electrons. The molecule has 1 aliphatic rings. The SMILES string of the molecule is C[C@H](N)C(=O)NCC1(C(=O)O)CC1. The minimum Gasteiger partial charge on any atom is -0.481 e. The summed E-state index contributed by atoms with van der Waals surface area (Å²) in [4.78, 5) is 21.7. The molecule has 4 N–H and O–H groups in total. The zero-order valence-electron chi connectivity index (χ0n) is 7.54. The zero-order chi connectivity index (χ0) is 10.1. The molecule has 0 aliphatic heterocycles. The number of nitrogens with two attached hydrogens (primary N) is 1. The first-order valence-electron chi connectivity index (χ1n) is 4.25. The average Bonchev–Trinajstić information content (AvgIpc) is 2.80. The Kier molecular flexibility index (Phi) is 2.56. The summed E-state index contributed by atoms with van der Waals surface area (Å²) < 4.78 is 0. The van der Waals surface area contributed by atoms with E-state index in [4.69, 9.17) is 10.8 Å². The molecule has 1 aliphatic carbocycles. The summed E-state index contributed by atoms with van der Waals surface area (Å²) in [6, 6.07) is -0.579. The van der Waals surface area contributed by atoms with Crippen LogP contribution in [0.5, 0.6) is 0 Å². The third-order valence-corrected chi connectivity index (χ3v) is 2.32. The molecule has 1 amide bonds. The van der Waals surface area contributed by atoms with Crippen LogP contribution in [0.4, 0.5) is 0 Å². The van der Waals surface area contributed by atoms with Crippen LogP contribution < -0.4 is 11.1 Å². The van der Waals surface area contributed by atoms with Crippen molar-refractivity contribution in [3.63, 3.8) is 0 Å². The van der Waals surface area contributed by atoms with Crippen LogP contribution in [0.1, 0.15) is 19.8 Å². The first kappa shape index (κ1) is 9.98. The van der Waals surface area contributed by atoms with E-state index in [1.54, 1.807) is 6.92 Å². The molecule has 0 aromatic carbocycles. The highest BCUT2D eigenvalue weighted by Crippen LogP contribution is 2.45. The molecule has 0 aromatic heterocycles. The normalized spacial score (nSPS) is 20.5. The fraction of sp³-hybridized carbons (Fsp3) is 0.750. The molecule has 1 saturated carbocycles. The Morgan fingerprint density at radius 2 is 2.15 bits per heavy atom. The number of carbonyl (C=O) groups excluding carboxylic acids is 1. The number of nitrogens with one attached hydrogen (secondary N) is 1. The average molecular weight is 186 g/mol. The summed E-state index contributed by atoms with van der Waals surface area (Å²) >= 11 is 0. The largest absolute Gasteiger partial charge is 0.481 e. The maximum Gasteiger partial charge on any atom is 0.311 e. The van der Waals surface area contributed by atoms with E-state index in [9.17, 15) is 9.59 Å². The smallest absolute Gasteiger partial charge is 0.311 e. The van der Waals surface area contributed by atoms with Crippen LogP contribution in [0.2, 0.25) is 0 Å². The summed E-state index contributed by atoms with van der Waals surface area (Å²) in [6.45, 7) is 1.76. The van der Waals surface area contributed by atoms with E-state index < -0.39 is 17.4 Å². The highest BCUT2D eigenvalue weighted by Gasteiger charge is 2.50. The number of carboxylic acids is 1. The number of carbonyl (C=O) groups is 2. The van der Waals surface area contributed by atoms with Gasteiger partial charge in [-0.2, -0.15) is 0 Å². The van der Waals surface area contributed by atoms with Crippen LogP contribution in [0, 0.1) is 5.41 Å². The van der Waals surface area contributed by atoms with Crippen molar-refractivity contribution in [3.8, 4) is 0 Å². The molecule has 0 aromatic rings. The van der Waals surface area contributed by atoms with Crippen molar-refractivity contribution < 1.29 is 14.7 Å². The van der Waals surface area contributed by atoms with Crippen LogP contribution in [0.15, 0.2) is 0 Å². The molecule has 5 nitrogen and oxygen atoms in total. The van der Waals surface area contributed by atoms with Crippen molar-refractivity contribution in [1.29, 1.82) is 0 Å². The van der Waals surface area contributed by atoms with E-state index in [2.05, 4.69) is 5.32 Å². The van der Waals surface area contributed by atoms with Gasteiger partial charge in [-0.15, -0.1) is 0 Å². The zero-order valence-corrected chi connectivity index (χ0v) is 7.54. The Hall–Kier alpha value is -1.10. The summed E-state index contributed by atoms with van der Waals surface area (Å²) in [6.07, 6.45) is 1.28. The van der Waals surface area contributed by atoms with Gasteiger partial charge in [0.25, 0.3) is 0 Å². The van der Waals surface area contributed by atoms with E-state index in [0.29, 0.717) is 12.8 Å². The molecule has 0 bridgehead atoms. The van der Waals surface area contributed by atoms with Gasteiger partial charge in [-0.05, 0) is 19.8 Å². The van der Waals surface area contributed by atoms with Crippen LogP contribution >= 0.6 is 0 Å². The number of amides is 1. The Bertz CT molecular complexity index is 234. The van der Waals surface area contributed by atoms with Gasteiger partial charge in [0.15, 0.2) is 0 Å². The fourth-order valence-electron chi connectivity index (χ4n) is 1.03. The van der Waals surface area contributed by atoms with Crippen molar-refractivity contribution in [1.82, 2.24) is 5.32 Å². The topological polar surface area (TPSA) is 92.4 Å². The van der Waals surface area contributed by atoms with Gasteiger partial charge in [0, 0.05) is 6.54 Å². The molecule has 0 unspecified atom stereocenters. The van der Waals surface area contributed by atoms with Gasteiger partial charge < -0.3 is 16.2 Å². The number of hydrogen-bond acceptors (Lipinski definition) is 3. The standard InChI is InChI=1S/C8H14N2O3/c1-5(9)6(11)10-4-8(2-3-8)7(12)13/h5H,2-4,9H2,1H3,(H,10,11)(H,12,13)/t5-/m0/s1. The molecule has 13 heavy (non-hydrogen) atoms. The third kappa shape index (κ3) is 2.18. The van der Waals surface area contributed by atoms with Crippen LogP contribution in [0.3, 0.4) is 0 Å². The van der Waals surface area contributed by atoms with Gasteiger partial charge >= 0.3 is 5.97 Å². The van der Waals surface area contributed by atoms with Gasteiger partial charge in [-0.1, -0.05) is 0 Å². The second kappa shape index (κ2) is 3.33. The van der Waals surface area contributed by atoms with Crippen LogP contribution in [-0.2, 0) is 9.59 Å². The van der Waals surface area contributed by atoms with Gasteiger partial charge in [-0.25, -0.2) is 0 Å². The van der Waals surface area contributed by atoms with E-state index in [0.717, 1.165) is 0 Å². The maximum absolute atomic E-state index is 11.0. The fourth-order valence-corrected chi connectivity index (χ4v) is 1.03. The molecular formula is C8H14N2O3. The van der Waals surface area contributed by atoms with Gasteiger partial charge in [0.2, 0.25) is 5.91 Å². The minimum absolute atomic E-state index is 0.197. The quantitative estimate of drug-likeness (QED) is 0.542. The van der Waals surface area contributed by atoms with Crippen molar-refractivity contribution in [2.45, 2.75) is 25.8 Å². The van der Waals surface area contributed by atoms with Crippen molar-refractivity contribution >= 4 is 11.9 Å². The lowest BCUT2D eigenvalue weighted by Gasteiger charge is -2.12. The molecule has 1 atom stereocenters. The van der Waals surface area contributed by atoms with Gasteiger partial charge in [0.05, 0.1) is 11.5 Å². The molecule has 5 heteroatoms. The predicted octanol–water partition coefficient (Wildman–Crippen LogP) is -0.685. The summed E-state index contributed by atoms with van der Waals surface area (Å²) in [7, 11) is 0. The molecular weight excluding hydrogens is 172 g/mol. The van der Waals surface area contributed by atoms with Crippen molar-refractivity contribution in [2.24, 2.45) is 11.1 Å². The second-order valence-corrected chi connectivity index (χ2v) is 3.59. The van der Waals surface area contributed by atoms with E-state index in [1.165, 1.54) is 0 Å². The Balaban J connectivity index is 2.35. The first-order valence-corrected chi connectivity index (χ1v) is 4.25. The third-order valence-electron chi connectivity index (χ3n) is 2.32. The molecule has 0 radical (unpaired) electrons. The van der Waals surface area contributed by atoms with Crippen LogP contribution in [0.25, 0.3) is 0 Å². The molecule has 1 rings (SSSR count). The van der Waals surface area contributed by atoms with Crippen molar-refractivity contribution in [2.75, 3.05) is 6.54 Å². The lowest BCUT2D eigenvalue weighted by Crippen LogP contribution is -2.42. The van der Waals surface area contributed by atoms with E-state index in [-0.39, 0.29) is 12.5 Å². The van der Waals surface area contributed by atoms with Gasteiger partial charge in [0.1, 0.15) is 0 Å². The summed E-state index contributed by atoms with van der Waals surface area (Å²) in [5.74, 6) is -1.13. The molecule has 0 heterocycles. The second-order valence-electron chi connectivity index (χ2n) is 3.59. The lowest BCUT2D eigenvalue weighted by atomic mass is 10.1. The summed E-state index contributed by atoms with van der Waals surface area (Å²) in [5.41, 5.74) is 4.60. The number of aliphatic carboxylic acids is 1. The van der Waals surface area contributed by atoms with Gasteiger partial charge in [-0.3, -0.25) is 9.59 Å². The Labute approximate surface area is 76.3 Å². The Morgan fingerprint density at radius 3 is 2.46 bits per heavy atom. The number of rotatable bonds is 4. The monoisotopic (exact) mass is 186 g/mol. The number of hydrogen-bond donors (Lipinski definition) is 3. The molecule has 0 saturated heterocycles. The molecule has 0 spiro atoms. The predicted molar refractivity (Wildman–Crippen MR) is 46.0 cm³/mol. The highest BCUT2D eigenvalue weighted by atomic mass is 16.4. The van der Waals surface area contributed by atoms with E-state index in [1.807, 2.05) is 0 Å². The van der Waals surface area contributed by atoms with Crippen LogP contribution in [-0.4, -0.2) is 29.6 Å². The Morgan fingerprint density at radius 1 is 1.62 bits per heavy atom.